The lowest BCUT2D eigenvalue weighted by Gasteiger charge is -2.11. The fraction of sp³-hybridized carbons (Fsp3) is 0.417. The molecular weight excluding hydrogens is 176 g/mol. The Balaban J connectivity index is 1.73. The van der Waals surface area contributed by atoms with Crippen LogP contribution in [-0.4, -0.2) is 25.4 Å². The predicted octanol–water partition coefficient (Wildman–Crippen LogP) is 1.85. The summed E-state index contributed by atoms with van der Waals surface area (Å²) in [6.07, 6.45) is 1.23. The maximum atomic E-state index is 5.53. The average molecular weight is 191 g/mol. The van der Waals surface area contributed by atoms with Gasteiger partial charge in [-0.25, -0.2) is 0 Å². The second-order valence-electron chi connectivity index (χ2n) is 3.60. The maximum Gasteiger partial charge on any atom is 0.104 e. The molecule has 0 spiro atoms. The van der Waals surface area contributed by atoms with E-state index in [1.54, 1.807) is 0 Å². The summed E-state index contributed by atoms with van der Waals surface area (Å²) in [6, 6.07) is 10.3. The Hall–Kier alpha value is -0.860. The van der Waals surface area contributed by atoms with Crippen LogP contribution in [0.25, 0.3) is 0 Å². The number of hydrogen-bond donors (Lipinski definition) is 0. The Morgan fingerprint density at radius 3 is 2.79 bits per heavy atom. The van der Waals surface area contributed by atoms with Crippen LogP contribution in [0.2, 0.25) is 0 Å². The molecule has 14 heavy (non-hydrogen) atoms. The molecule has 0 amide bonds. The van der Waals surface area contributed by atoms with Gasteiger partial charge in [-0.05, 0) is 18.9 Å². The molecule has 1 aliphatic rings. The van der Waals surface area contributed by atoms with Gasteiger partial charge < -0.3 is 9.47 Å². The highest BCUT2D eigenvalue weighted by Crippen LogP contribution is 2.11. The molecule has 2 rings (SSSR count). The lowest BCUT2D eigenvalue weighted by Crippen LogP contribution is -2.15. The summed E-state index contributed by atoms with van der Waals surface area (Å²) in [6.45, 7) is 5.48. The van der Waals surface area contributed by atoms with Gasteiger partial charge in [-0.3, -0.25) is 0 Å². The summed E-state index contributed by atoms with van der Waals surface area (Å²) in [7, 11) is 0. The highest BCUT2D eigenvalue weighted by Gasteiger charge is 2.23. The van der Waals surface area contributed by atoms with E-state index in [2.05, 4.69) is 19.1 Å². The highest BCUT2D eigenvalue weighted by atomic mass is 16.6. The van der Waals surface area contributed by atoms with Crippen molar-refractivity contribution >= 4 is 0 Å². The largest absolute Gasteiger partial charge is 0.375 e. The molecule has 2 heteroatoms. The summed E-state index contributed by atoms with van der Waals surface area (Å²) in [5.41, 5.74) is 1.27. The zero-order valence-electron chi connectivity index (χ0n) is 8.19. The Morgan fingerprint density at radius 2 is 2.14 bits per heavy atom. The normalized spacial score (nSPS) is 21.9. The van der Waals surface area contributed by atoms with Gasteiger partial charge in [0.05, 0.1) is 19.3 Å². The number of hydrogen-bond acceptors (Lipinski definition) is 2. The van der Waals surface area contributed by atoms with E-state index >= 15 is 0 Å². The molecule has 1 aromatic carbocycles. The van der Waals surface area contributed by atoms with Gasteiger partial charge >= 0.3 is 0 Å². The van der Waals surface area contributed by atoms with Gasteiger partial charge in [0.15, 0.2) is 0 Å². The minimum absolute atomic E-state index is 0.0293. The van der Waals surface area contributed by atoms with Crippen molar-refractivity contribution in [1.82, 2.24) is 0 Å². The summed E-state index contributed by atoms with van der Waals surface area (Å²) in [5.74, 6) is 0. The SMILES string of the molecule is [CH2]C(Cc1ccccc1)OCC1CO1. The molecule has 2 nitrogen and oxygen atoms in total. The fourth-order valence-electron chi connectivity index (χ4n) is 1.34. The summed E-state index contributed by atoms with van der Waals surface area (Å²) < 4.78 is 10.6. The van der Waals surface area contributed by atoms with Crippen LogP contribution in [0, 0.1) is 6.92 Å². The van der Waals surface area contributed by atoms with E-state index in [0.29, 0.717) is 12.7 Å². The zero-order chi connectivity index (χ0) is 9.80. The van der Waals surface area contributed by atoms with Crippen molar-refractivity contribution in [2.75, 3.05) is 13.2 Å². The zero-order valence-corrected chi connectivity index (χ0v) is 8.19. The Morgan fingerprint density at radius 1 is 1.43 bits per heavy atom. The summed E-state index contributed by atoms with van der Waals surface area (Å²) in [5, 5.41) is 0. The van der Waals surface area contributed by atoms with Gasteiger partial charge in [0, 0.05) is 0 Å². The molecule has 1 aromatic rings. The fourth-order valence-corrected chi connectivity index (χ4v) is 1.34. The van der Waals surface area contributed by atoms with Crippen LogP contribution in [-0.2, 0) is 15.9 Å². The third-order valence-corrected chi connectivity index (χ3v) is 2.23. The molecule has 2 atom stereocenters. The van der Waals surface area contributed by atoms with Crippen molar-refractivity contribution in [2.24, 2.45) is 0 Å². The van der Waals surface area contributed by atoms with Crippen molar-refractivity contribution in [3.8, 4) is 0 Å². The van der Waals surface area contributed by atoms with E-state index in [4.69, 9.17) is 9.47 Å². The lowest BCUT2D eigenvalue weighted by atomic mass is 10.1. The second-order valence-corrected chi connectivity index (χ2v) is 3.60. The van der Waals surface area contributed by atoms with E-state index in [9.17, 15) is 0 Å². The molecule has 2 unspecified atom stereocenters. The molecule has 1 fully saturated rings. The molecule has 0 bridgehead atoms. The second kappa shape index (κ2) is 4.58. The van der Waals surface area contributed by atoms with E-state index in [0.717, 1.165) is 13.0 Å². The monoisotopic (exact) mass is 191 g/mol. The van der Waals surface area contributed by atoms with Crippen LogP contribution in [0.3, 0.4) is 0 Å². The number of rotatable bonds is 5. The topological polar surface area (TPSA) is 21.8 Å². The summed E-state index contributed by atoms with van der Waals surface area (Å²) in [4.78, 5) is 0. The molecule has 1 radical (unpaired) electrons. The summed E-state index contributed by atoms with van der Waals surface area (Å²) >= 11 is 0. The first-order chi connectivity index (χ1) is 6.84. The number of benzene rings is 1. The van der Waals surface area contributed by atoms with Crippen LogP contribution < -0.4 is 0 Å². The molecule has 1 heterocycles. The van der Waals surface area contributed by atoms with Gasteiger partial charge in [-0.15, -0.1) is 0 Å². The van der Waals surface area contributed by atoms with Gasteiger partial charge in [0.1, 0.15) is 6.10 Å². The standard InChI is InChI=1S/C12H15O2/c1-10(13-8-12-9-14-12)7-11-5-3-2-4-6-11/h2-6,10,12H,1,7-9H2. The van der Waals surface area contributed by atoms with E-state index in [-0.39, 0.29) is 6.10 Å². The molecule has 75 valence electrons. The third kappa shape index (κ3) is 3.13. The van der Waals surface area contributed by atoms with Crippen molar-refractivity contribution in [3.05, 3.63) is 42.8 Å². The van der Waals surface area contributed by atoms with Crippen LogP contribution in [0.1, 0.15) is 5.56 Å². The van der Waals surface area contributed by atoms with E-state index in [1.165, 1.54) is 5.56 Å². The molecular formula is C12H15O2. The molecule has 0 saturated carbocycles. The van der Waals surface area contributed by atoms with E-state index < -0.39 is 0 Å². The van der Waals surface area contributed by atoms with Gasteiger partial charge in [0.2, 0.25) is 0 Å². The van der Waals surface area contributed by atoms with Gasteiger partial charge in [-0.1, -0.05) is 30.3 Å². The predicted molar refractivity (Wildman–Crippen MR) is 55.0 cm³/mol. The molecule has 0 N–H and O–H groups in total. The van der Waals surface area contributed by atoms with Crippen LogP contribution in [0.15, 0.2) is 30.3 Å². The quantitative estimate of drug-likeness (QED) is 0.662. The Bertz CT molecular complexity index is 267. The van der Waals surface area contributed by atoms with Gasteiger partial charge in [-0.2, -0.15) is 0 Å². The molecule has 0 aliphatic carbocycles. The Kier molecular flexibility index (Phi) is 3.17. The third-order valence-electron chi connectivity index (χ3n) is 2.23. The average Bonchev–Trinajstić information content (AvgIpc) is 3.00. The lowest BCUT2D eigenvalue weighted by molar-refractivity contribution is 0.0706. The van der Waals surface area contributed by atoms with Crippen molar-refractivity contribution in [3.63, 3.8) is 0 Å². The highest BCUT2D eigenvalue weighted by molar-refractivity contribution is 5.15. The molecule has 0 aromatic heterocycles. The molecule has 1 saturated heterocycles. The first-order valence-electron chi connectivity index (χ1n) is 4.95. The first kappa shape index (κ1) is 9.69. The van der Waals surface area contributed by atoms with Crippen LogP contribution in [0.5, 0.6) is 0 Å². The number of ether oxygens (including phenoxy) is 2. The molecule has 1 aliphatic heterocycles. The van der Waals surface area contributed by atoms with Crippen LogP contribution in [0.4, 0.5) is 0 Å². The van der Waals surface area contributed by atoms with Gasteiger partial charge in [0.25, 0.3) is 0 Å². The Labute approximate surface area is 84.8 Å². The number of epoxide rings is 1. The van der Waals surface area contributed by atoms with Crippen molar-refractivity contribution < 1.29 is 9.47 Å². The maximum absolute atomic E-state index is 5.53. The van der Waals surface area contributed by atoms with E-state index in [1.807, 2.05) is 18.2 Å². The smallest absolute Gasteiger partial charge is 0.104 e. The van der Waals surface area contributed by atoms with Crippen molar-refractivity contribution in [1.29, 1.82) is 0 Å². The minimum Gasteiger partial charge on any atom is -0.375 e. The van der Waals surface area contributed by atoms with Crippen LogP contribution >= 0.6 is 0 Å². The first-order valence-corrected chi connectivity index (χ1v) is 4.95. The van der Waals surface area contributed by atoms with Crippen molar-refractivity contribution in [2.45, 2.75) is 18.6 Å². The minimum atomic E-state index is 0.0293.